The second-order valence-corrected chi connectivity index (χ2v) is 6.42. The largest absolute Gasteiger partial charge is 0.331 e. The van der Waals surface area contributed by atoms with Crippen molar-refractivity contribution in [1.29, 1.82) is 0 Å². The Hall–Kier alpha value is -1.62. The summed E-state index contributed by atoms with van der Waals surface area (Å²) in [6, 6.07) is 9.70. The van der Waals surface area contributed by atoms with E-state index in [2.05, 4.69) is 21.5 Å². The molecule has 0 bridgehead atoms. The van der Waals surface area contributed by atoms with Crippen molar-refractivity contribution in [2.45, 2.75) is 19.4 Å². The summed E-state index contributed by atoms with van der Waals surface area (Å²) in [5, 5.41) is 1.11. The highest BCUT2D eigenvalue weighted by atomic mass is 35.5. The molecule has 1 aromatic carbocycles. The van der Waals surface area contributed by atoms with Gasteiger partial charge < -0.3 is 9.55 Å². The molecule has 1 N–H and O–H groups in total. The Morgan fingerprint density at radius 3 is 2.74 bits per heavy atom. The minimum atomic E-state index is 0.0962. The Labute approximate surface area is 149 Å². The van der Waals surface area contributed by atoms with Gasteiger partial charge in [-0.2, -0.15) is 0 Å². The topological polar surface area (TPSA) is 33.6 Å². The molecule has 0 saturated heterocycles. The van der Waals surface area contributed by atoms with Crippen LogP contribution in [0.4, 0.5) is 0 Å². The van der Waals surface area contributed by atoms with Gasteiger partial charge in [-0.3, -0.25) is 4.98 Å². The second-order valence-electron chi connectivity index (χ2n) is 5.22. The highest BCUT2D eigenvalue weighted by Crippen LogP contribution is 2.30. The van der Waals surface area contributed by atoms with Crippen LogP contribution in [0.1, 0.15) is 24.9 Å². The number of nitrogens with one attached hydrogen (secondary N) is 1. The van der Waals surface area contributed by atoms with Crippen molar-refractivity contribution in [2.75, 3.05) is 0 Å². The predicted molar refractivity (Wildman–Crippen MR) is 97.7 cm³/mol. The number of aromatic nitrogens is 3. The number of hydrogen-bond acceptors (Lipinski definition) is 2. The minimum absolute atomic E-state index is 0.0962. The Balaban J connectivity index is 2.04. The zero-order valence-corrected chi connectivity index (χ0v) is 14.8. The van der Waals surface area contributed by atoms with Gasteiger partial charge in [0, 0.05) is 24.2 Å². The quantitative estimate of drug-likeness (QED) is 0.584. The highest BCUT2D eigenvalue weighted by molar-refractivity contribution is 7.71. The average Bonchev–Trinajstić information content (AvgIpc) is 2.94. The third-order valence-corrected chi connectivity index (χ3v) is 4.82. The molecule has 0 aliphatic carbocycles. The van der Waals surface area contributed by atoms with Crippen LogP contribution in [-0.2, 0) is 0 Å². The summed E-state index contributed by atoms with van der Waals surface area (Å²) in [6.45, 7) is 2.12. The number of aromatic amines is 1. The van der Waals surface area contributed by atoms with Crippen LogP contribution >= 0.6 is 35.4 Å². The lowest BCUT2D eigenvalue weighted by Crippen LogP contribution is -2.08. The molecular weight excluding hydrogens is 349 g/mol. The summed E-state index contributed by atoms with van der Waals surface area (Å²) in [7, 11) is 0. The molecule has 2 heterocycles. The Morgan fingerprint density at radius 1 is 1.26 bits per heavy atom. The molecule has 0 radical (unpaired) electrons. The Morgan fingerprint density at radius 2 is 2.09 bits per heavy atom. The van der Waals surface area contributed by atoms with E-state index >= 15 is 0 Å². The maximum absolute atomic E-state index is 6.16. The first-order chi connectivity index (χ1) is 11.1. The van der Waals surface area contributed by atoms with Gasteiger partial charge in [0.25, 0.3) is 0 Å². The fourth-order valence-corrected chi connectivity index (χ4v) is 3.22. The highest BCUT2D eigenvalue weighted by Gasteiger charge is 2.15. The van der Waals surface area contributed by atoms with Gasteiger partial charge in [0.1, 0.15) is 0 Å². The van der Waals surface area contributed by atoms with Gasteiger partial charge in [-0.25, -0.2) is 0 Å². The van der Waals surface area contributed by atoms with E-state index in [-0.39, 0.29) is 6.04 Å². The van der Waals surface area contributed by atoms with E-state index < -0.39 is 0 Å². The monoisotopic (exact) mass is 363 g/mol. The Bertz CT molecular complexity index is 871. The number of imidazole rings is 1. The van der Waals surface area contributed by atoms with E-state index in [1.54, 1.807) is 6.20 Å². The molecule has 0 saturated carbocycles. The van der Waals surface area contributed by atoms with Crippen molar-refractivity contribution >= 4 is 35.4 Å². The molecule has 23 heavy (non-hydrogen) atoms. The molecule has 1 unspecified atom stereocenters. The smallest absolute Gasteiger partial charge is 0.178 e. The molecule has 0 fully saturated rings. The molecule has 0 aliphatic heterocycles. The van der Waals surface area contributed by atoms with Crippen molar-refractivity contribution in [1.82, 2.24) is 14.5 Å². The third kappa shape index (κ3) is 3.34. The van der Waals surface area contributed by atoms with Crippen LogP contribution in [0.2, 0.25) is 10.0 Å². The first-order valence-corrected chi connectivity index (χ1v) is 8.43. The number of rotatable bonds is 4. The molecule has 6 heteroatoms. The molecule has 3 nitrogen and oxygen atoms in total. The molecule has 0 aliphatic rings. The summed E-state index contributed by atoms with van der Waals surface area (Å²) < 4.78 is 2.72. The third-order valence-electron chi connectivity index (χ3n) is 3.77. The number of nitrogens with zero attached hydrogens (tertiary/aromatic N) is 2. The van der Waals surface area contributed by atoms with E-state index in [9.17, 15) is 0 Å². The zero-order chi connectivity index (χ0) is 16.4. The van der Waals surface area contributed by atoms with Crippen LogP contribution in [-0.4, -0.2) is 14.5 Å². The maximum atomic E-state index is 6.16. The van der Waals surface area contributed by atoms with Crippen LogP contribution < -0.4 is 0 Å². The van der Waals surface area contributed by atoms with E-state index in [4.69, 9.17) is 35.4 Å². The van der Waals surface area contributed by atoms with Gasteiger partial charge in [0.2, 0.25) is 0 Å². The van der Waals surface area contributed by atoms with Gasteiger partial charge in [0.15, 0.2) is 4.77 Å². The molecule has 3 aromatic rings. The molecule has 3 rings (SSSR count). The van der Waals surface area contributed by atoms with E-state index in [0.717, 1.165) is 23.2 Å². The first-order valence-electron chi connectivity index (χ1n) is 7.26. The van der Waals surface area contributed by atoms with Gasteiger partial charge in [-0.15, -0.1) is 0 Å². The summed E-state index contributed by atoms with van der Waals surface area (Å²) in [6.07, 6.45) is 6.47. The van der Waals surface area contributed by atoms with Crippen LogP contribution in [0, 0.1) is 4.77 Å². The summed E-state index contributed by atoms with van der Waals surface area (Å²) in [4.78, 5) is 7.40. The Kier molecular flexibility index (Phi) is 4.85. The van der Waals surface area contributed by atoms with Gasteiger partial charge in [-0.05, 0) is 48.5 Å². The summed E-state index contributed by atoms with van der Waals surface area (Å²) in [5.74, 6) is 0. The maximum Gasteiger partial charge on any atom is 0.178 e. The second kappa shape index (κ2) is 6.87. The standard InChI is InChI=1S/C17H15Cl2N3S/c1-2-16(11-5-6-13(18)14(19)8-11)22-10-15(21-17(22)23)12-4-3-7-20-9-12/h3-10,16H,2H2,1H3,(H,21,23). The van der Waals surface area contributed by atoms with Crippen molar-refractivity contribution in [3.05, 3.63) is 69.3 Å². The fraction of sp³-hybridized carbons (Fsp3) is 0.176. The SMILES string of the molecule is CCC(c1ccc(Cl)c(Cl)c1)n1cc(-c2cccnc2)[nH]c1=S. The molecule has 118 valence electrons. The lowest BCUT2D eigenvalue weighted by atomic mass is 10.0. The van der Waals surface area contributed by atoms with Crippen LogP contribution in [0.3, 0.4) is 0 Å². The molecular formula is C17H15Cl2N3S. The number of H-pyrrole nitrogens is 1. The van der Waals surface area contributed by atoms with Gasteiger partial charge in [-0.1, -0.05) is 36.2 Å². The number of benzene rings is 1. The average molecular weight is 364 g/mol. The lowest BCUT2D eigenvalue weighted by Gasteiger charge is -2.17. The zero-order valence-electron chi connectivity index (χ0n) is 12.5. The van der Waals surface area contributed by atoms with E-state index in [0.29, 0.717) is 14.8 Å². The van der Waals surface area contributed by atoms with Crippen LogP contribution in [0.5, 0.6) is 0 Å². The van der Waals surface area contributed by atoms with Crippen molar-refractivity contribution in [2.24, 2.45) is 0 Å². The summed E-state index contributed by atoms with van der Waals surface area (Å²) in [5.41, 5.74) is 3.03. The number of hydrogen-bond donors (Lipinski definition) is 1. The van der Waals surface area contributed by atoms with E-state index in [1.807, 2.05) is 42.7 Å². The first kappa shape index (κ1) is 16.2. The number of halogens is 2. The molecule has 0 amide bonds. The normalized spacial score (nSPS) is 12.3. The van der Waals surface area contributed by atoms with Crippen molar-refractivity contribution in [3.63, 3.8) is 0 Å². The van der Waals surface area contributed by atoms with E-state index in [1.165, 1.54) is 0 Å². The number of pyridine rings is 1. The van der Waals surface area contributed by atoms with Gasteiger partial charge in [0.05, 0.1) is 21.8 Å². The van der Waals surface area contributed by atoms with Crippen molar-refractivity contribution in [3.8, 4) is 11.3 Å². The van der Waals surface area contributed by atoms with Crippen LogP contribution in [0.25, 0.3) is 11.3 Å². The molecule has 2 aromatic heterocycles. The summed E-state index contributed by atoms with van der Waals surface area (Å²) >= 11 is 17.7. The predicted octanol–water partition coefficient (Wildman–Crippen LogP) is 5.91. The van der Waals surface area contributed by atoms with Gasteiger partial charge >= 0.3 is 0 Å². The molecule has 0 spiro atoms. The molecule has 1 atom stereocenters. The van der Waals surface area contributed by atoms with Crippen molar-refractivity contribution < 1.29 is 0 Å². The lowest BCUT2D eigenvalue weighted by molar-refractivity contribution is 0.560. The van der Waals surface area contributed by atoms with Crippen LogP contribution in [0.15, 0.2) is 48.9 Å². The fourth-order valence-electron chi connectivity index (χ4n) is 2.62. The minimum Gasteiger partial charge on any atom is -0.331 e.